The number of rotatable bonds is 6. The summed E-state index contributed by atoms with van der Waals surface area (Å²) in [5.41, 5.74) is 0.985. The number of likely N-dealkylation sites (N-methyl/N-ethyl adjacent to an activating group) is 1. The quantitative estimate of drug-likeness (QED) is 0.880. The Labute approximate surface area is 124 Å². The molecule has 0 fully saturated rings. The molecule has 106 valence electrons. The maximum atomic E-state index is 6.07. The van der Waals surface area contributed by atoms with Crippen molar-refractivity contribution in [2.45, 2.75) is 6.04 Å². The molecule has 0 bridgehead atoms. The van der Waals surface area contributed by atoms with E-state index in [1.54, 1.807) is 7.11 Å². The molecule has 0 saturated heterocycles. The van der Waals surface area contributed by atoms with Crippen LogP contribution >= 0.6 is 11.6 Å². The molecule has 0 amide bonds. The van der Waals surface area contributed by atoms with Gasteiger partial charge in [0.2, 0.25) is 0 Å². The molecule has 2 aromatic rings. The Hall–Kier alpha value is -1.71. The van der Waals surface area contributed by atoms with E-state index < -0.39 is 0 Å². The average molecular weight is 292 g/mol. The minimum atomic E-state index is 0.00357. The van der Waals surface area contributed by atoms with E-state index in [4.69, 9.17) is 21.1 Å². The van der Waals surface area contributed by atoms with E-state index in [-0.39, 0.29) is 6.04 Å². The Bertz CT molecular complexity index is 545. The Balaban J connectivity index is 2.14. The lowest BCUT2D eigenvalue weighted by molar-refractivity contribution is 0.269. The highest BCUT2D eigenvalue weighted by molar-refractivity contribution is 6.30. The van der Waals surface area contributed by atoms with Crippen LogP contribution < -0.4 is 14.8 Å². The predicted octanol–water partition coefficient (Wildman–Crippen LogP) is 3.69. The SMILES string of the molecule is CNC(COc1ccccc1)c1cc(Cl)ccc1OC. The molecule has 0 aliphatic heterocycles. The predicted molar refractivity (Wildman–Crippen MR) is 81.7 cm³/mol. The fraction of sp³-hybridized carbons (Fsp3) is 0.250. The van der Waals surface area contributed by atoms with Gasteiger partial charge in [-0.3, -0.25) is 0 Å². The monoisotopic (exact) mass is 291 g/mol. The minimum Gasteiger partial charge on any atom is -0.496 e. The largest absolute Gasteiger partial charge is 0.496 e. The molecule has 1 atom stereocenters. The highest BCUT2D eigenvalue weighted by atomic mass is 35.5. The van der Waals surface area contributed by atoms with Crippen LogP contribution in [0, 0.1) is 0 Å². The van der Waals surface area contributed by atoms with E-state index in [0.29, 0.717) is 11.6 Å². The highest BCUT2D eigenvalue weighted by Crippen LogP contribution is 2.28. The molecular formula is C16H18ClNO2. The second kappa shape index (κ2) is 7.17. The summed E-state index contributed by atoms with van der Waals surface area (Å²) in [5, 5.41) is 3.91. The molecule has 2 aromatic carbocycles. The summed E-state index contributed by atoms with van der Waals surface area (Å²) in [6.07, 6.45) is 0. The lowest BCUT2D eigenvalue weighted by atomic mass is 10.1. The zero-order valence-corrected chi connectivity index (χ0v) is 12.4. The van der Waals surface area contributed by atoms with Crippen LogP contribution in [0.15, 0.2) is 48.5 Å². The zero-order valence-electron chi connectivity index (χ0n) is 11.6. The summed E-state index contributed by atoms with van der Waals surface area (Å²) in [5.74, 6) is 1.64. The van der Waals surface area contributed by atoms with Crippen LogP contribution in [0.5, 0.6) is 11.5 Å². The smallest absolute Gasteiger partial charge is 0.123 e. The van der Waals surface area contributed by atoms with Gasteiger partial charge in [-0.2, -0.15) is 0 Å². The number of ether oxygens (including phenoxy) is 2. The maximum Gasteiger partial charge on any atom is 0.123 e. The summed E-state index contributed by atoms with van der Waals surface area (Å²) in [4.78, 5) is 0. The molecule has 2 rings (SSSR count). The van der Waals surface area contributed by atoms with Gasteiger partial charge in [-0.05, 0) is 37.4 Å². The van der Waals surface area contributed by atoms with Crippen LogP contribution in [0.4, 0.5) is 0 Å². The van der Waals surface area contributed by atoms with E-state index in [2.05, 4.69) is 5.32 Å². The molecule has 0 aliphatic carbocycles. The number of benzene rings is 2. The normalized spacial score (nSPS) is 11.9. The molecule has 0 aliphatic rings. The standard InChI is InChI=1S/C16H18ClNO2/c1-18-15(11-20-13-6-4-3-5-7-13)14-10-12(17)8-9-16(14)19-2/h3-10,15,18H,11H2,1-2H3. The van der Waals surface area contributed by atoms with Gasteiger partial charge in [-0.1, -0.05) is 29.8 Å². The molecule has 0 radical (unpaired) electrons. The third-order valence-electron chi connectivity index (χ3n) is 3.08. The van der Waals surface area contributed by atoms with Crippen molar-refractivity contribution >= 4 is 11.6 Å². The maximum absolute atomic E-state index is 6.07. The van der Waals surface area contributed by atoms with E-state index in [1.807, 2.05) is 55.6 Å². The lowest BCUT2D eigenvalue weighted by Crippen LogP contribution is -2.23. The fourth-order valence-corrected chi connectivity index (χ4v) is 2.18. The second-order valence-corrected chi connectivity index (χ2v) is 4.79. The number of hydrogen-bond donors (Lipinski definition) is 1. The average Bonchev–Trinajstić information content (AvgIpc) is 2.49. The summed E-state index contributed by atoms with van der Waals surface area (Å²) < 4.78 is 11.2. The zero-order chi connectivity index (χ0) is 14.4. The number of nitrogens with one attached hydrogen (secondary N) is 1. The van der Waals surface area contributed by atoms with Crippen LogP contribution in [0.2, 0.25) is 5.02 Å². The van der Waals surface area contributed by atoms with E-state index in [0.717, 1.165) is 17.1 Å². The van der Waals surface area contributed by atoms with Crippen molar-refractivity contribution in [1.29, 1.82) is 0 Å². The Morgan fingerprint density at radius 2 is 1.90 bits per heavy atom. The Morgan fingerprint density at radius 1 is 1.15 bits per heavy atom. The van der Waals surface area contributed by atoms with E-state index in [1.165, 1.54) is 0 Å². The topological polar surface area (TPSA) is 30.5 Å². The number of methoxy groups -OCH3 is 1. The Morgan fingerprint density at radius 3 is 2.55 bits per heavy atom. The van der Waals surface area contributed by atoms with Crippen molar-refractivity contribution in [3.63, 3.8) is 0 Å². The molecule has 0 heterocycles. The van der Waals surface area contributed by atoms with Gasteiger partial charge in [0.1, 0.15) is 18.1 Å². The first kappa shape index (κ1) is 14.7. The number of halogens is 1. The molecule has 1 N–H and O–H groups in total. The van der Waals surface area contributed by atoms with Crippen molar-refractivity contribution in [2.75, 3.05) is 20.8 Å². The van der Waals surface area contributed by atoms with Gasteiger partial charge in [-0.25, -0.2) is 0 Å². The molecule has 3 nitrogen and oxygen atoms in total. The van der Waals surface area contributed by atoms with Crippen molar-refractivity contribution < 1.29 is 9.47 Å². The van der Waals surface area contributed by atoms with Crippen molar-refractivity contribution in [3.05, 3.63) is 59.1 Å². The first-order chi connectivity index (χ1) is 9.74. The molecule has 0 saturated carbocycles. The van der Waals surface area contributed by atoms with Gasteiger partial charge in [0, 0.05) is 10.6 Å². The van der Waals surface area contributed by atoms with Crippen LogP contribution in [-0.2, 0) is 0 Å². The molecule has 0 aromatic heterocycles. The van der Waals surface area contributed by atoms with Gasteiger partial charge in [-0.15, -0.1) is 0 Å². The van der Waals surface area contributed by atoms with Gasteiger partial charge >= 0.3 is 0 Å². The number of para-hydroxylation sites is 1. The van der Waals surface area contributed by atoms with Crippen LogP contribution in [0.3, 0.4) is 0 Å². The lowest BCUT2D eigenvalue weighted by Gasteiger charge is -2.20. The molecular weight excluding hydrogens is 274 g/mol. The summed E-state index contributed by atoms with van der Waals surface area (Å²) in [7, 11) is 3.54. The summed E-state index contributed by atoms with van der Waals surface area (Å²) in [6, 6.07) is 15.3. The van der Waals surface area contributed by atoms with Crippen molar-refractivity contribution in [3.8, 4) is 11.5 Å². The van der Waals surface area contributed by atoms with Gasteiger partial charge < -0.3 is 14.8 Å². The van der Waals surface area contributed by atoms with Crippen molar-refractivity contribution in [1.82, 2.24) is 5.32 Å². The second-order valence-electron chi connectivity index (χ2n) is 4.35. The minimum absolute atomic E-state index is 0.00357. The number of hydrogen-bond acceptors (Lipinski definition) is 3. The first-order valence-corrected chi connectivity index (χ1v) is 6.81. The van der Waals surface area contributed by atoms with Gasteiger partial charge in [0.15, 0.2) is 0 Å². The van der Waals surface area contributed by atoms with E-state index in [9.17, 15) is 0 Å². The third kappa shape index (κ3) is 3.65. The van der Waals surface area contributed by atoms with Crippen LogP contribution in [0.1, 0.15) is 11.6 Å². The molecule has 0 spiro atoms. The van der Waals surface area contributed by atoms with Gasteiger partial charge in [0.25, 0.3) is 0 Å². The van der Waals surface area contributed by atoms with Crippen LogP contribution in [-0.4, -0.2) is 20.8 Å². The van der Waals surface area contributed by atoms with E-state index >= 15 is 0 Å². The molecule has 20 heavy (non-hydrogen) atoms. The summed E-state index contributed by atoms with van der Waals surface area (Å²) >= 11 is 6.07. The van der Waals surface area contributed by atoms with Gasteiger partial charge in [0.05, 0.1) is 13.2 Å². The van der Waals surface area contributed by atoms with Crippen LogP contribution in [0.25, 0.3) is 0 Å². The van der Waals surface area contributed by atoms with Crippen molar-refractivity contribution in [2.24, 2.45) is 0 Å². The highest BCUT2D eigenvalue weighted by Gasteiger charge is 2.15. The fourth-order valence-electron chi connectivity index (χ4n) is 2.00. The molecule has 1 unspecified atom stereocenters. The Kier molecular flexibility index (Phi) is 5.27. The summed E-state index contributed by atoms with van der Waals surface area (Å²) in [6.45, 7) is 0.497. The third-order valence-corrected chi connectivity index (χ3v) is 3.31. The first-order valence-electron chi connectivity index (χ1n) is 6.43. The molecule has 4 heteroatoms.